The maximum Gasteiger partial charge on any atom is 0.358 e. The molecule has 1 heterocycles. The lowest BCUT2D eigenvalue weighted by Crippen LogP contribution is -2.35. The predicted octanol–water partition coefficient (Wildman–Crippen LogP) is 1.69. The predicted molar refractivity (Wildman–Crippen MR) is 74.3 cm³/mol. The Balaban J connectivity index is 2.84. The Labute approximate surface area is 116 Å². The van der Waals surface area contributed by atoms with Gasteiger partial charge < -0.3 is 15.8 Å². The molecule has 0 saturated heterocycles. The van der Waals surface area contributed by atoms with Gasteiger partial charge in [0.05, 0.1) is 6.61 Å². The van der Waals surface area contributed by atoms with Gasteiger partial charge in [-0.25, -0.2) is 9.78 Å². The van der Waals surface area contributed by atoms with Gasteiger partial charge in [0.1, 0.15) is 0 Å². The van der Waals surface area contributed by atoms with Crippen molar-refractivity contribution in [1.82, 2.24) is 4.98 Å². The first-order valence-electron chi connectivity index (χ1n) is 5.96. The number of hydrogen-bond donors (Lipinski definition) is 2. The summed E-state index contributed by atoms with van der Waals surface area (Å²) in [4.78, 5) is 27.6. The van der Waals surface area contributed by atoms with Crippen LogP contribution >= 0.6 is 11.3 Å². The van der Waals surface area contributed by atoms with Crippen molar-refractivity contribution in [2.24, 2.45) is 5.73 Å². The van der Waals surface area contributed by atoms with Gasteiger partial charge in [0.15, 0.2) is 10.8 Å². The molecule has 0 fully saturated rings. The largest absolute Gasteiger partial charge is 0.461 e. The number of nitrogens with one attached hydrogen (secondary N) is 1. The molecular weight excluding hydrogens is 266 g/mol. The number of thiazole rings is 1. The summed E-state index contributed by atoms with van der Waals surface area (Å²) >= 11 is 1.35. The third-order valence-electron chi connectivity index (χ3n) is 2.33. The van der Waals surface area contributed by atoms with Gasteiger partial charge in [0.25, 0.3) is 0 Å². The van der Waals surface area contributed by atoms with E-state index in [-0.39, 0.29) is 6.42 Å². The fraction of sp³-hybridized carbons (Fsp3) is 0.583. The smallest absolute Gasteiger partial charge is 0.358 e. The monoisotopic (exact) mass is 285 g/mol. The summed E-state index contributed by atoms with van der Waals surface area (Å²) in [5.41, 5.74) is 4.98. The Morgan fingerprint density at radius 3 is 2.63 bits per heavy atom. The molecule has 19 heavy (non-hydrogen) atoms. The molecular formula is C12H19N3O3S. The molecule has 0 radical (unpaired) electrons. The lowest BCUT2D eigenvalue weighted by atomic mass is 10.0. The quantitative estimate of drug-likeness (QED) is 0.776. The number of aryl methyl sites for hydroxylation is 1. The fourth-order valence-electron chi connectivity index (χ4n) is 1.61. The molecule has 1 rings (SSSR count). The van der Waals surface area contributed by atoms with Crippen LogP contribution in [-0.4, -0.2) is 29.0 Å². The molecule has 0 aliphatic rings. The number of carbonyl (C=O) groups excluding carboxylic acids is 2. The van der Waals surface area contributed by atoms with Gasteiger partial charge in [-0.05, 0) is 27.7 Å². The summed E-state index contributed by atoms with van der Waals surface area (Å²) < 4.78 is 4.92. The average molecular weight is 285 g/mol. The molecule has 0 bridgehead atoms. The van der Waals surface area contributed by atoms with Gasteiger partial charge >= 0.3 is 5.97 Å². The van der Waals surface area contributed by atoms with Crippen LogP contribution in [0.4, 0.5) is 5.13 Å². The molecule has 6 nitrogen and oxygen atoms in total. The van der Waals surface area contributed by atoms with Crippen LogP contribution in [0.1, 0.15) is 42.6 Å². The van der Waals surface area contributed by atoms with E-state index in [0.717, 1.165) is 4.88 Å². The van der Waals surface area contributed by atoms with Crippen LogP contribution in [0.15, 0.2) is 0 Å². The third kappa shape index (κ3) is 4.51. The number of ether oxygens (including phenoxy) is 1. The first-order valence-corrected chi connectivity index (χ1v) is 6.78. The lowest BCUT2D eigenvalue weighted by molar-refractivity contribution is -0.118. The summed E-state index contributed by atoms with van der Waals surface area (Å²) in [5.74, 6) is -0.826. The zero-order valence-corrected chi connectivity index (χ0v) is 12.4. The number of anilines is 1. The molecule has 3 N–H and O–H groups in total. The van der Waals surface area contributed by atoms with Gasteiger partial charge in [-0.15, -0.1) is 11.3 Å². The molecule has 0 saturated carbocycles. The molecule has 0 aliphatic carbocycles. The second-order valence-corrected chi connectivity index (χ2v) is 6.00. The average Bonchev–Trinajstić information content (AvgIpc) is 2.56. The van der Waals surface area contributed by atoms with Crippen LogP contribution in [0.2, 0.25) is 0 Å². The molecule has 0 atom stereocenters. The van der Waals surface area contributed by atoms with Crippen molar-refractivity contribution in [3.8, 4) is 0 Å². The van der Waals surface area contributed by atoms with E-state index in [2.05, 4.69) is 10.3 Å². The first kappa shape index (κ1) is 15.4. The van der Waals surface area contributed by atoms with E-state index in [1.165, 1.54) is 11.3 Å². The van der Waals surface area contributed by atoms with Crippen LogP contribution in [0, 0.1) is 6.92 Å². The van der Waals surface area contributed by atoms with Gasteiger partial charge in [0, 0.05) is 16.8 Å². The van der Waals surface area contributed by atoms with Crippen molar-refractivity contribution in [3.63, 3.8) is 0 Å². The number of nitrogens with zero attached hydrogens (tertiary/aromatic N) is 1. The van der Waals surface area contributed by atoms with E-state index in [0.29, 0.717) is 17.4 Å². The number of hydrogen-bond acceptors (Lipinski definition) is 6. The topological polar surface area (TPSA) is 94.3 Å². The molecule has 0 aromatic carbocycles. The highest BCUT2D eigenvalue weighted by Crippen LogP contribution is 2.26. The minimum atomic E-state index is -0.512. The fourth-order valence-corrected chi connectivity index (χ4v) is 2.59. The second-order valence-electron chi connectivity index (χ2n) is 4.80. The molecule has 106 valence electrons. The number of esters is 1. The molecule has 0 unspecified atom stereocenters. The molecule has 0 aliphatic heterocycles. The van der Waals surface area contributed by atoms with Gasteiger partial charge in [-0.1, -0.05) is 0 Å². The summed E-state index contributed by atoms with van der Waals surface area (Å²) in [6, 6.07) is 0. The Hall–Kier alpha value is -1.63. The van der Waals surface area contributed by atoms with Crippen LogP contribution in [0.5, 0.6) is 0 Å². The van der Waals surface area contributed by atoms with Crippen molar-refractivity contribution in [2.75, 3.05) is 11.9 Å². The van der Waals surface area contributed by atoms with Crippen LogP contribution < -0.4 is 11.1 Å². The third-order valence-corrected chi connectivity index (χ3v) is 3.21. The van der Waals surface area contributed by atoms with Gasteiger partial charge in [-0.3, -0.25) is 4.79 Å². The highest BCUT2D eigenvalue weighted by atomic mass is 32.1. The minimum absolute atomic E-state index is 0.181. The lowest BCUT2D eigenvalue weighted by Gasteiger charge is -2.24. The van der Waals surface area contributed by atoms with Crippen molar-refractivity contribution in [3.05, 3.63) is 10.6 Å². The van der Waals surface area contributed by atoms with Crippen molar-refractivity contribution >= 4 is 28.3 Å². The standard InChI is InChI=1S/C12H19N3O3S/c1-5-18-10(17)9-7(2)19-11(14-9)15-12(3,4)6-8(13)16/h5-6H2,1-4H3,(H2,13,16)(H,14,15). The van der Waals surface area contributed by atoms with Crippen LogP contribution in [0.25, 0.3) is 0 Å². The zero-order chi connectivity index (χ0) is 14.6. The van der Waals surface area contributed by atoms with E-state index < -0.39 is 17.4 Å². The number of aromatic nitrogens is 1. The molecule has 1 aromatic heterocycles. The van der Waals surface area contributed by atoms with E-state index in [1.54, 1.807) is 13.8 Å². The van der Waals surface area contributed by atoms with Crippen molar-refractivity contribution in [2.45, 2.75) is 39.7 Å². The number of primary amides is 1. The summed E-state index contributed by atoms with van der Waals surface area (Å²) in [5, 5.41) is 3.68. The summed E-state index contributed by atoms with van der Waals surface area (Å²) in [6.07, 6.45) is 0.181. The van der Waals surface area contributed by atoms with Gasteiger partial charge in [0.2, 0.25) is 5.91 Å². The normalized spacial score (nSPS) is 11.2. The van der Waals surface area contributed by atoms with E-state index >= 15 is 0 Å². The molecule has 1 amide bonds. The number of rotatable bonds is 6. The second kappa shape index (κ2) is 6.01. The highest BCUT2D eigenvalue weighted by Gasteiger charge is 2.24. The van der Waals surface area contributed by atoms with E-state index in [4.69, 9.17) is 10.5 Å². The zero-order valence-electron chi connectivity index (χ0n) is 11.6. The number of amides is 1. The minimum Gasteiger partial charge on any atom is -0.461 e. The maximum absolute atomic E-state index is 11.6. The Morgan fingerprint density at radius 2 is 2.11 bits per heavy atom. The molecule has 0 spiro atoms. The Bertz CT molecular complexity index is 483. The number of nitrogens with two attached hydrogens (primary N) is 1. The van der Waals surface area contributed by atoms with Crippen molar-refractivity contribution < 1.29 is 14.3 Å². The summed E-state index contributed by atoms with van der Waals surface area (Å²) in [6.45, 7) is 7.55. The van der Waals surface area contributed by atoms with Crippen LogP contribution in [0.3, 0.4) is 0 Å². The Kier molecular flexibility index (Phi) is 4.88. The van der Waals surface area contributed by atoms with Crippen LogP contribution in [-0.2, 0) is 9.53 Å². The van der Waals surface area contributed by atoms with Gasteiger partial charge in [-0.2, -0.15) is 0 Å². The SMILES string of the molecule is CCOC(=O)c1nc(NC(C)(C)CC(N)=O)sc1C. The Morgan fingerprint density at radius 1 is 1.47 bits per heavy atom. The van der Waals surface area contributed by atoms with E-state index in [1.807, 2.05) is 13.8 Å². The van der Waals surface area contributed by atoms with E-state index in [9.17, 15) is 9.59 Å². The maximum atomic E-state index is 11.6. The number of carbonyl (C=O) groups is 2. The summed E-state index contributed by atoms with van der Waals surface area (Å²) in [7, 11) is 0. The molecule has 1 aromatic rings. The molecule has 7 heteroatoms. The van der Waals surface area contributed by atoms with Crippen molar-refractivity contribution in [1.29, 1.82) is 0 Å². The first-order chi connectivity index (χ1) is 8.75. The highest BCUT2D eigenvalue weighted by molar-refractivity contribution is 7.15.